The lowest BCUT2D eigenvalue weighted by atomic mass is 10.0. The van der Waals surface area contributed by atoms with Crippen LogP contribution in [0.15, 0.2) is 69.8 Å². The molecule has 24 heavy (non-hydrogen) atoms. The van der Waals surface area contributed by atoms with Crippen LogP contribution >= 0.6 is 15.9 Å². The second kappa shape index (κ2) is 6.84. The lowest BCUT2D eigenvalue weighted by Gasteiger charge is -2.08. The number of hydrogen-bond acceptors (Lipinski definition) is 4. The van der Waals surface area contributed by atoms with Crippen molar-refractivity contribution in [1.82, 2.24) is 0 Å². The Balaban J connectivity index is 1.80. The third-order valence-electron chi connectivity index (χ3n) is 3.45. The third-order valence-corrected chi connectivity index (χ3v) is 3.88. The Morgan fingerprint density at radius 2 is 1.71 bits per heavy atom. The van der Waals surface area contributed by atoms with E-state index in [1.54, 1.807) is 43.3 Å². The van der Waals surface area contributed by atoms with Gasteiger partial charge in [-0.25, -0.2) is 4.79 Å². The maximum atomic E-state index is 12.4. The molecule has 0 radical (unpaired) electrons. The zero-order valence-electron chi connectivity index (χ0n) is 12.8. The first-order chi connectivity index (χ1) is 11.5. The van der Waals surface area contributed by atoms with Crippen LogP contribution in [-0.4, -0.2) is 11.8 Å². The highest BCUT2D eigenvalue weighted by molar-refractivity contribution is 9.10. The molecule has 0 amide bonds. The van der Waals surface area contributed by atoms with Crippen LogP contribution in [-0.2, 0) is 0 Å². The van der Waals surface area contributed by atoms with Gasteiger partial charge in [-0.2, -0.15) is 0 Å². The van der Waals surface area contributed by atoms with E-state index < -0.39 is 5.97 Å². The summed E-state index contributed by atoms with van der Waals surface area (Å²) in [5.74, 6) is -0.180. The van der Waals surface area contributed by atoms with Crippen LogP contribution in [0, 0.1) is 6.92 Å². The Morgan fingerprint density at radius 3 is 2.33 bits per heavy atom. The molecular formula is C19H13BrO4. The molecule has 0 saturated heterocycles. The van der Waals surface area contributed by atoms with Crippen LogP contribution < -0.4 is 4.74 Å². The first-order valence-corrected chi connectivity index (χ1v) is 8.02. The number of aryl methyl sites for hydroxylation is 1. The van der Waals surface area contributed by atoms with Crippen LogP contribution in [0.4, 0.5) is 0 Å². The van der Waals surface area contributed by atoms with E-state index in [4.69, 9.17) is 9.15 Å². The van der Waals surface area contributed by atoms with Crippen molar-refractivity contribution in [2.75, 3.05) is 0 Å². The molecule has 0 fully saturated rings. The highest BCUT2D eigenvalue weighted by Gasteiger charge is 2.16. The number of benzene rings is 2. The van der Waals surface area contributed by atoms with Crippen molar-refractivity contribution < 1.29 is 18.7 Å². The molecule has 3 rings (SSSR count). The first-order valence-electron chi connectivity index (χ1n) is 7.22. The normalized spacial score (nSPS) is 10.4. The van der Waals surface area contributed by atoms with E-state index in [9.17, 15) is 9.59 Å². The molecule has 0 atom stereocenters. The van der Waals surface area contributed by atoms with Gasteiger partial charge in [-0.05, 0) is 58.7 Å². The summed E-state index contributed by atoms with van der Waals surface area (Å²) in [5, 5.41) is 0. The minimum atomic E-state index is -0.592. The topological polar surface area (TPSA) is 56.5 Å². The largest absolute Gasteiger partial charge is 0.442 e. The predicted molar refractivity (Wildman–Crippen MR) is 92.4 cm³/mol. The van der Waals surface area contributed by atoms with Crippen molar-refractivity contribution in [3.8, 4) is 5.75 Å². The van der Waals surface area contributed by atoms with Gasteiger partial charge in [0.15, 0.2) is 10.5 Å². The maximum Gasteiger partial charge on any atom is 0.379 e. The van der Waals surface area contributed by atoms with Gasteiger partial charge in [-0.15, -0.1) is 0 Å². The van der Waals surface area contributed by atoms with Crippen molar-refractivity contribution in [3.63, 3.8) is 0 Å². The molecule has 4 nitrogen and oxygen atoms in total. The lowest BCUT2D eigenvalue weighted by molar-refractivity contribution is 0.0698. The number of esters is 1. The highest BCUT2D eigenvalue weighted by Crippen LogP contribution is 2.23. The fourth-order valence-electron chi connectivity index (χ4n) is 2.24. The number of ether oxygens (including phenoxy) is 1. The van der Waals surface area contributed by atoms with Crippen LogP contribution in [0.25, 0.3) is 0 Å². The Hall–Kier alpha value is -2.66. The van der Waals surface area contributed by atoms with Gasteiger partial charge >= 0.3 is 5.97 Å². The van der Waals surface area contributed by atoms with Gasteiger partial charge in [0.25, 0.3) is 0 Å². The van der Waals surface area contributed by atoms with Gasteiger partial charge < -0.3 is 9.15 Å². The molecule has 3 aromatic rings. The number of halogens is 1. The van der Waals surface area contributed by atoms with Crippen LogP contribution in [0.2, 0.25) is 0 Å². The highest BCUT2D eigenvalue weighted by atomic mass is 79.9. The second-order valence-corrected chi connectivity index (χ2v) is 5.95. The molecule has 0 bridgehead atoms. The van der Waals surface area contributed by atoms with Gasteiger partial charge in [0.05, 0.1) is 0 Å². The summed E-state index contributed by atoms with van der Waals surface area (Å²) in [7, 11) is 0. The number of carbonyl (C=O) groups is 2. The molecule has 0 aliphatic heterocycles. The summed E-state index contributed by atoms with van der Waals surface area (Å²) in [4.78, 5) is 24.4. The average Bonchev–Trinajstić information content (AvgIpc) is 3.03. The summed E-state index contributed by atoms with van der Waals surface area (Å²) in [6.07, 6.45) is 0. The van der Waals surface area contributed by atoms with E-state index >= 15 is 0 Å². The molecule has 1 heterocycles. The summed E-state index contributed by atoms with van der Waals surface area (Å²) < 4.78 is 10.9. The molecule has 0 aliphatic carbocycles. The van der Waals surface area contributed by atoms with Crippen molar-refractivity contribution >= 4 is 27.7 Å². The second-order valence-electron chi connectivity index (χ2n) is 5.17. The predicted octanol–water partition coefficient (Wildman–Crippen LogP) is 4.80. The molecule has 0 spiro atoms. The SMILES string of the molecule is Cc1cc(C(=O)c2ccccc2)ccc1OC(=O)c1ccc(Br)o1. The molecular weight excluding hydrogens is 372 g/mol. The maximum absolute atomic E-state index is 12.4. The van der Waals surface area contributed by atoms with E-state index in [1.807, 2.05) is 18.2 Å². The molecule has 120 valence electrons. The zero-order chi connectivity index (χ0) is 17.1. The summed E-state index contributed by atoms with van der Waals surface area (Å²) in [6, 6.07) is 17.1. The molecule has 2 aromatic carbocycles. The lowest BCUT2D eigenvalue weighted by Crippen LogP contribution is -2.09. The number of ketones is 1. The Kier molecular flexibility index (Phi) is 4.62. The molecule has 0 N–H and O–H groups in total. The summed E-state index contributed by atoms with van der Waals surface area (Å²) in [5.41, 5.74) is 1.84. The quantitative estimate of drug-likeness (QED) is 0.368. The summed E-state index contributed by atoms with van der Waals surface area (Å²) in [6.45, 7) is 1.78. The minimum absolute atomic E-state index is 0.0773. The molecule has 0 aliphatic rings. The fourth-order valence-corrected chi connectivity index (χ4v) is 2.54. The first kappa shape index (κ1) is 16.2. The standard InChI is InChI=1S/C19H13BrO4/c1-12-11-14(18(21)13-5-3-2-4-6-13)7-8-15(12)24-19(22)16-9-10-17(20)23-16/h2-11H,1H3. The van der Waals surface area contributed by atoms with Gasteiger partial charge in [-0.3, -0.25) is 4.79 Å². The molecule has 5 heteroatoms. The monoisotopic (exact) mass is 384 g/mol. The van der Waals surface area contributed by atoms with E-state index in [1.165, 1.54) is 6.07 Å². The van der Waals surface area contributed by atoms with Gasteiger partial charge in [0.1, 0.15) is 5.75 Å². The zero-order valence-corrected chi connectivity index (χ0v) is 14.4. The average molecular weight is 385 g/mol. The fraction of sp³-hybridized carbons (Fsp3) is 0.0526. The van der Waals surface area contributed by atoms with E-state index in [0.29, 0.717) is 27.1 Å². The number of hydrogen-bond donors (Lipinski definition) is 0. The summed E-state index contributed by atoms with van der Waals surface area (Å²) >= 11 is 3.14. The van der Waals surface area contributed by atoms with Gasteiger partial charge in [-0.1, -0.05) is 30.3 Å². The Labute approximate surface area is 147 Å². The minimum Gasteiger partial charge on any atom is -0.442 e. The number of carbonyl (C=O) groups excluding carboxylic acids is 2. The Morgan fingerprint density at radius 1 is 0.958 bits per heavy atom. The van der Waals surface area contributed by atoms with Crippen LogP contribution in [0.5, 0.6) is 5.75 Å². The van der Waals surface area contributed by atoms with Crippen molar-refractivity contribution in [3.05, 3.63) is 87.8 Å². The van der Waals surface area contributed by atoms with Crippen LogP contribution in [0.1, 0.15) is 32.0 Å². The van der Waals surface area contributed by atoms with E-state index in [-0.39, 0.29) is 11.5 Å². The van der Waals surface area contributed by atoms with E-state index in [2.05, 4.69) is 15.9 Å². The van der Waals surface area contributed by atoms with Crippen LogP contribution in [0.3, 0.4) is 0 Å². The molecule has 0 saturated carbocycles. The van der Waals surface area contributed by atoms with Crippen molar-refractivity contribution in [2.45, 2.75) is 6.92 Å². The molecule has 0 unspecified atom stereocenters. The smallest absolute Gasteiger partial charge is 0.379 e. The van der Waals surface area contributed by atoms with E-state index in [0.717, 1.165) is 0 Å². The number of rotatable bonds is 4. The van der Waals surface area contributed by atoms with Gasteiger partial charge in [0.2, 0.25) is 5.76 Å². The third kappa shape index (κ3) is 3.46. The Bertz CT molecular complexity index is 897. The number of furan rings is 1. The van der Waals surface area contributed by atoms with Gasteiger partial charge in [0, 0.05) is 11.1 Å². The van der Waals surface area contributed by atoms with Crippen molar-refractivity contribution in [1.29, 1.82) is 0 Å². The van der Waals surface area contributed by atoms with Crippen molar-refractivity contribution in [2.24, 2.45) is 0 Å². The molecule has 1 aromatic heterocycles.